The Hall–Kier alpha value is -3.67. The molecular formula is C29H26BrClN4O3. The second-order valence-corrected chi connectivity index (χ2v) is 10.9. The van der Waals surface area contributed by atoms with E-state index in [0.29, 0.717) is 51.0 Å². The summed E-state index contributed by atoms with van der Waals surface area (Å²) in [7, 11) is 0. The Morgan fingerprint density at radius 2 is 1.92 bits per heavy atom. The summed E-state index contributed by atoms with van der Waals surface area (Å²) >= 11 is 10.0. The zero-order valence-electron chi connectivity index (χ0n) is 21.5. The fourth-order valence-corrected chi connectivity index (χ4v) is 4.47. The molecule has 0 aliphatic carbocycles. The van der Waals surface area contributed by atoms with Gasteiger partial charge in [-0.1, -0.05) is 66.5 Å². The van der Waals surface area contributed by atoms with E-state index in [0.717, 1.165) is 10.0 Å². The minimum Gasteiger partial charge on any atom is -0.490 e. The number of hydrogen-bond acceptors (Lipinski definition) is 6. The van der Waals surface area contributed by atoms with Gasteiger partial charge in [-0.15, -0.1) is 0 Å². The number of aromatic nitrogens is 2. The van der Waals surface area contributed by atoms with Gasteiger partial charge in [-0.3, -0.25) is 4.79 Å². The van der Waals surface area contributed by atoms with Crippen molar-refractivity contribution in [1.29, 1.82) is 5.26 Å². The molecule has 7 nitrogen and oxygen atoms in total. The van der Waals surface area contributed by atoms with Crippen LogP contribution in [0.5, 0.6) is 11.5 Å². The largest absolute Gasteiger partial charge is 0.490 e. The first-order valence-corrected chi connectivity index (χ1v) is 13.1. The van der Waals surface area contributed by atoms with Crippen molar-refractivity contribution in [3.05, 3.63) is 97.0 Å². The van der Waals surface area contributed by atoms with Gasteiger partial charge in [0, 0.05) is 15.5 Å². The fourth-order valence-electron chi connectivity index (χ4n) is 3.84. The van der Waals surface area contributed by atoms with Crippen molar-refractivity contribution in [1.82, 2.24) is 9.66 Å². The van der Waals surface area contributed by atoms with Crippen molar-refractivity contribution < 1.29 is 9.47 Å². The maximum atomic E-state index is 13.4. The molecule has 1 heterocycles. The summed E-state index contributed by atoms with van der Waals surface area (Å²) in [5.74, 6) is 1.32. The lowest BCUT2D eigenvalue weighted by molar-refractivity contribution is 0.269. The molecular weight excluding hydrogens is 568 g/mol. The first kappa shape index (κ1) is 27.4. The van der Waals surface area contributed by atoms with Crippen LogP contribution in [0.1, 0.15) is 50.2 Å². The SMILES string of the molecule is CCOc1cc(C=Nn2c(C(C)(C)C)nc3ccc(Br)cc3c2=O)cc(Cl)c1OCc1ccccc1C#N. The predicted octanol–water partition coefficient (Wildman–Crippen LogP) is 6.84. The standard InChI is InChI=1S/C29H26BrClN4O3/c1-5-37-25-13-18(12-23(31)26(25)38-17-20-9-7-6-8-19(20)15-32)16-33-35-27(36)22-14-21(30)10-11-24(22)34-28(35)29(2,3)4/h6-14,16H,5,17H2,1-4H3. The van der Waals surface area contributed by atoms with E-state index >= 15 is 0 Å². The molecule has 38 heavy (non-hydrogen) atoms. The van der Waals surface area contributed by atoms with E-state index in [1.807, 2.05) is 52.0 Å². The molecule has 194 valence electrons. The molecule has 0 aliphatic heterocycles. The first-order chi connectivity index (χ1) is 18.1. The molecule has 1 aromatic heterocycles. The van der Waals surface area contributed by atoms with Gasteiger partial charge in [-0.25, -0.2) is 4.98 Å². The highest BCUT2D eigenvalue weighted by Crippen LogP contribution is 2.37. The number of halogens is 2. The second-order valence-electron chi connectivity index (χ2n) is 9.53. The number of hydrogen-bond donors (Lipinski definition) is 0. The van der Waals surface area contributed by atoms with Gasteiger partial charge in [0.1, 0.15) is 12.4 Å². The fraction of sp³-hybridized carbons (Fsp3) is 0.241. The van der Waals surface area contributed by atoms with Crippen LogP contribution < -0.4 is 15.0 Å². The van der Waals surface area contributed by atoms with Gasteiger partial charge in [0.2, 0.25) is 0 Å². The van der Waals surface area contributed by atoms with Gasteiger partial charge in [0.05, 0.1) is 40.4 Å². The van der Waals surface area contributed by atoms with Crippen LogP contribution in [0.4, 0.5) is 0 Å². The Bertz CT molecular complexity index is 1630. The van der Waals surface area contributed by atoms with Crippen molar-refractivity contribution in [2.45, 2.75) is 39.7 Å². The molecule has 9 heteroatoms. The van der Waals surface area contributed by atoms with Crippen molar-refractivity contribution in [2.24, 2.45) is 5.10 Å². The minimum atomic E-state index is -0.441. The summed E-state index contributed by atoms with van der Waals surface area (Å²) in [5.41, 5.74) is 1.78. The number of rotatable bonds is 7. The lowest BCUT2D eigenvalue weighted by atomic mass is 9.95. The van der Waals surface area contributed by atoms with Crippen LogP contribution >= 0.6 is 27.5 Å². The maximum absolute atomic E-state index is 13.4. The van der Waals surface area contributed by atoms with E-state index in [1.54, 1.807) is 36.5 Å². The molecule has 0 atom stereocenters. The Morgan fingerprint density at radius 3 is 2.63 bits per heavy atom. The molecule has 0 N–H and O–H groups in total. The first-order valence-electron chi connectivity index (χ1n) is 12.0. The van der Waals surface area contributed by atoms with Gasteiger partial charge in [-0.2, -0.15) is 15.0 Å². The zero-order chi connectivity index (χ0) is 27.4. The van der Waals surface area contributed by atoms with Gasteiger partial charge in [0.15, 0.2) is 11.5 Å². The van der Waals surface area contributed by atoms with E-state index in [4.69, 9.17) is 26.1 Å². The smallest absolute Gasteiger partial charge is 0.282 e. The van der Waals surface area contributed by atoms with Crippen molar-refractivity contribution in [2.75, 3.05) is 6.61 Å². The molecule has 0 fully saturated rings. The highest BCUT2D eigenvalue weighted by molar-refractivity contribution is 9.10. The summed E-state index contributed by atoms with van der Waals surface area (Å²) in [6, 6.07) is 18.2. The Balaban J connectivity index is 1.74. The van der Waals surface area contributed by atoms with Crippen LogP contribution in [0.3, 0.4) is 0 Å². The molecule has 0 aliphatic rings. The van der Waals surface area contributed by atoms with Crippen LogP contribution in [0.25, 0.3) is 10.9 Å². The average Bonchev–Trinajstić information content (AvgIpc) is 2.87. The molecule has 0 unspecified atom stereocenters. The third kappa shape index (κ3) is 5.90. The lowest BCUT2D eigenvalue weighted by Gasteiger charge is -2.21. The number of benzene rings is 3. The van der Waals surface area contributed by atoms with Crippen molar-refractivity contribution >= 4 is 44.6 Å². The summed E-state index contributed by atoms with van der Waals surface area (Å²) < 4.78 is 13.9. The van der Waals surface area contributed by atoms with Crippen LogP contribution in [-0.4, -0.2) is 22.5 Å². The minimum absolute atomic E-state index is 0.152. The molecule has 4 aromatic rings. The second kappa shape index (κ2) is 11.4. The summed E-state index contributed by atoms with van der Waals surface area (Å²) in [6.07, 6.45) is 1.55. The maximum Gasteiger partial charge on any atom is 0.282 e. The lowest BCUT2D eigenvalue weighted by Crippen LogP contribution is -2.29. The molecule has 4 rings (SSSR count). The third-order valence-electron chi connectivity index (χ3n) is 5.64. The van der Waals surface area contributed by atoms with E-state index in [1.165, 1.54) is 4.68 Å². The van der Waals surface area contributed by atoms with Gasteiger partial charge in [0.25, 0.3) is 5.56 Å². The van der Waals surface area contributed by atoms with E-state index in [9.17, 15) is 10.1 Å². The van der Waals surface area contributed by atoms with Crippen LogP contribution in [0, 0.1) is 11.3 Å². The molecule has 3 aromatic carbocycles. The van der Waals surface area contributed by atoms with Gasteiger partial charge in [-0.05, 0) is 48.9 Å². The molecule has 0 saturated carbocycles. The number of nitriles is 1. The van der Waals surface area contributed by atoms with E-state index in [2.05, 4.69) is 27.1 Å². The Labute approximate surface area is 234 Å². The van der Waals surface area contributed by atoms with Crippen molar-refractivity contribution in [3.8, 4) is 17.6 Å². The summed E-state index contributed by atoms with van der Waals surface area (Å²) in [4.78, 5) is 18.2. The topological polar surface area (TPSA) is 89.5 Å². The van der Waals surface area contributed by atoms with E-state index in [-0.39, 0.29) is 12.2 Å². The van der Waals surface area contributed by atoms with E-state index < -0.39 is 5.41 Å². The number of fused-ring (bicyclic) bond motifs is 1. The molecule has 0 radical (unpaired) electrons. The normalized spacial score (nSPS) is 11.6. The highest BCUT2D eigenvalue weighted by Gasteiger charge is 2.23. The predicted molar refractivity (Wildman–Crippen MR) is 154 cm³/mol. The number of nitrogens with zero attached hydrogens (tertiary/aromatic N) is 4. The molecule has 0 bridgehead atoms. The summed E-state index contributed by atoms with van der Waals surface area (Å²) in [5, 5.41) is 14.7. The summed E-state index contributed by atoms with van der Waals surface area (Å²) in [6.45, 7) is 8.33. The Morgan fingerprint density at radius 1 is 1.16 bits per heavy atom. The monoisotopic (exact) mass is 592 g/mol. The molecule has 0 amide bonds. The van der Waals surface area contributed by atoms with Crippen LogP contribution in [0.15, 0.2) is 69.0 Å². The van der Waals surface area contributed by atoms with Crippen molar-refractivity contribution in [3.63, 3.8) is 0 Å². The number of ether oxygens (including phenoxy) is 2. The zero-order valence-corrected chi connectivity index (χ0v) is 23.8. The molecule has 0 saturated heterocycles. The highest BCUT2D eigenvalue weighted by atomic mass is 79.9. The van der Waals surface area contributed by atoms with Gasteiger partial charge >= 0.3 is 0 Å². The third-order valence-corrected chi connectivity index (χ3v) is 6.42. The molecule has 0 spiro atoms. The average molecular weight is 594 g/mol. The van der Waals surface area contributed by atoms with Crippen LogP contribution in [-0.2, 0) is 12.0 Å². The quantitative estimate of drug-likeness (QED) is 0.219. The Kier molecular flexibility index (Phi) is 8.20. The van der Waals surface area contributed by atoms with Gasteiger partial charge < -0.3 is 9.47 Å². The van der Waals surface area contributed by atoms with Crippen LogP contribution in [0.2, 0.25) is 5.02 Å².